The topological polar surface area (TPSA) is 88.4 Å². The van der Waals surface area contributed by atoms with E-state index in [2.05, 4.69) is 5.32 Å². The van der Waals surface area contributed by atoms with E-state index in [9.17, 15) is 14.9 Å². The van der Waals surface area contributed by atoms with Crippen LogP contribution in [0.3, 0.4) is 0 Å². The Hall–Kier alpha value is -3.59. The molecule has 6 heteroatoms. The number of nitrogens with one attached hydrogen (secondary N) is 1. The first-order valence-corrected chi connectivity index (χ1v) is 9.81. The van der Waals surface area contributed by atoms with Gasteiger partial charge in [-0.05, 0) is 49.1 Å². The lowest BCUT2D eigenvalue weighted by Gasteiger charge is -2.10. The summed E-state index contributed by atoms with van der Waals surface area (Å²) in [5.74, 6) is -0.157. The van der Waals surface area contributed by atoms with Crippen molar-refractivity contribution in [3.05, 3.63) is 64.7 Å². The van der Waals surface area contributed by atoms with E-state index in [1.54, 1.807) is 18.2 Å². The number of aryl methyl sites for hydroxylation is 2. The summed E-state index contributed by atoms with van der Waals surface area (Å²) < 4.78 is 10.8. The minimum atomic E-state index is -0.426. The summed E-state index contributed by atoms with van der Waals surface area (Å²) in [5.41, 5.74) is 2.82. The fourth-order valence-corrected chi connectivity index (χ4v) is 2.68. The zero-order chi connectivity index (χ0) is 21.9. The molecule has 1 amide bonds. The van der Waals surface area contributed by atoms with Crippen LogP contribution in [0.15, 0.2) is 48.0 Å². The number of hydrogen-bond acceptors (Lipinski definition) is 5. The molecule has 0 radical (unpaired) electrons. The van der Waals surface area contributed by atoms with E-state index in [1.807, 2.05) is 44.2 Å². The molecule has 2 aromatic rings. The van der Waals surface area contributed by atoms with Gasteiger partial charge in [-0.2, -0.15) is 5.26 Å². The minimum Gasteiger partial charge on any atom is -0.493 e. The number of rotatable bonds is 9. The standard InChI is InChI=1S/C24H26N2O4/c1-4-13-26-24(28)20(16-25)14-19-9-11-21(22(15-19)29-3)30-23(27)12-10-18-7-5-17(2)6-8-18/h5-9,11,14-15H,4,10,12-13H2,1-3H3,(H,26,28)/b20-14+. The van der Waals surface area contributed by atoms with Crippen LogP contribution < -0.4 is 14.8 Å². The zero-order valence-corrected chi connectivity index (χ0v) is 17.5. The first kappa shape index (κ1) is 22.7. The van der Waals surface area contributed by atoms with Gasteiger partial charge in [0.15, 0.2) is 11.5 Å². The average Bonchev–Trinajstić information content (AvgIpc) is 2.76. The Morgan fingerprint density at radius 1 is 1.13 bits per heavy atom. The van der Waals surface area contributed by atoms with E-state index < -0.39 is 5.91 Å². The Balaban J connectivity index is 2.06. The number of amides is 1. The van der Waals surface area contributed by atoms with Gasteiger partial charge in [-0.1, -0.05) is 42.8 Å². The molecule has 0 aliphatic carbocycles. The van der Waals surface area contributed by atoms with Crippen molar-refractivity contribution >= 4 is 18.0 Å². The van der Waals surface area contributed by atoms with Crippen LogP contribution in [0.25, 0.3) is 6.08 Å². The summed E-state index contributed by atoms with van der Waals surface area (Å²) >= 11 is 0. The van der Waals surface area contributed by atoms with Crippen molar-refractivity contribution in [1.29, 1.82) is 5.26 Å². The third-order valence-electron chi connectivity index (χ3n) is 4.36. The van der Waals surface area contributed by atoms with Crippen molar-refractivity contribution in [2.75, 3.05) is 13.7 Å². The predicted octanol–water partition coefficient (Wildman–Crippen LogP) is 3.98. The number of carbonyl (C=O) groups is 2. The lowest BCUT2D eigenvalue weighted by Crippen LogP contribution is -2.25. The van der Waals surface area contributed by atoms with Gasteiger partial charge in [-0.25, -0.2) is 0 Å². The lowest BCUT2D eigenvalue weighted by molar-refractivity contribution is -0.134. The Morgan fingerprint density at radius 2 is 1.87 bits per heavy atom. The van der Waals surface area contributed by atoms with Crippen molar-refractivity contribution in [2.24, 2.45) is 0 Å². The van der Waals surface area contributed by atoms with Gasteiger partial charge in [0.1, 0.15) is 11.6 Å². The number of ether oxygens (including phenoxy) is 2. The molecule has 0 unspecified atom stereocenters. The van der Waals surface area contributed by atoms with Gasteiger partial charge in [-0.15, -0.1) is 0 Å². The van der Waals surface area contributed by atoms with Crippen LogP contribution in [-0.2, 0) is 16.0 Å². The van der Waals surface area contributed by atoms with Crippen LogP contribution in [-0.4, -0.2) is 25.5 Å². The lowest BCUT2D eigenvalue weighted by atomic mass is 10.1. The smallest absolute Gasteiger partial charge is 0.311 e. The van der Waals surface area contributed by atoms with Crippen molar-refractivity contribution in [1.82, 2.24) is 5.32 Å². The van der Waals surface area contributed by atoms with E-state index in [-0.39, 0.29) is 23.7 Å². The molecule has 1 N–H and O–H groups in total. The maximum atomic E-state index is 12.2. The second-order valence-corrected chi connectivity index (χ2v) is 6.80. The second-order valence-electron chi connectivity index (χ2n) is 6.80. The Labute approximate surface area is 177 Å². The monoisotopic (exact) mass is 406 g/mol. The molecular formula is C24H26N2O4. The number of hydrogen-bond donors (Lipinski definition) is 1. The van der Waals surface area contributed by atoms with E-state index in [4.69, 9.17) is 9.47 Å². The van der Waals surface area contributed by atoms with E-state index in [0.717, 1.165) is 12.0 Å². The van der Waals surface area contributed by atoms with E-state index in [1.165, 1.54) is 18.7 Å². The third-order valence-corrected chi connectivity index (χ3v) is 4.36. The van der Waals surface area contributed by atoms with Gasteiger partial charge in [0, 0.05) is 13.0 Å². The molecule has 30 heavy (non-hydrogen) atoms. The molecule has 0 saturated carbocycles. The molecular weight excluding hydrogens is 380 g/mol. The summed E-state index contributed by atoms with van der Waals surface area (Å²) in [5, 5.41) is 11.9. The first-order chi connectivity index (χ1) is 14.5. The summed E-state index contributed by atoms with van der Waals surface area (Å²) in [7, 11) is 1.46. The Bertz CT molecular complexity index is 956. The summed E-state index contributed by atoms with van der Waals surface area (Å²) in [6.45, 7) is 4.45. The molecule has 0 spiro atoms. The molecule has 0 saturated heterocycles. The van der Waals surface area contributed by atoms with Crippen molar-refractivity contribution in [2.45, 2.75) is 33.1 Å². The van der Waals surface area contributed by atoms with Gasteiger partial charge in [-0.3, -0.25) is 9.59 Å². The summed E-state index contributed by atoms with van der Waals surface area (Å²) in [6.07, 6.45) is 3.07. The number of nitrogens with zero attached hydrogens (tertiary/aromatic N) is 1. The summed E-state index contributed by atoms with van der Waals surface area (Å²) in [6, 6.07) is 14.8. The van der Waals surface area contributed by atoms with Crippen LogP contribution >= 0.6 is 0 Å². The first-order valence-electron chi connectivity index (χ1n) is 9.81. The molecule has 6 nitrogen and oxygen atoms in total. The predicted molar refractivity (Wildman–Crippen MR) is 115 cm³/mol. The molecule has 0 fully saturated rings. The van der Waals surface area contributed by atoms with Crippen molar-refractivity contribution < 1.29 is 19.1 Å². The molecule has 156 valence electrons. The molecule has 2 aromatic carbocycles. The quantitative estimate of drug-likeness (QED) is 0.295. The van der Waals surface area contributed by atoms with Crippen LogP contribution in [0.1, 0.15) is 36.5 Å². The molecule has 0 atom stereocenters. The molecule has 0 aliphatic rings. The highest BCUT2D eigenvalue weighted by molar-refractivity contribution is 6.01. The van der Waals surface area contributed by atoms with Crippen LogP contribution in [0, 0.1) is 18.3 Å². The number of nitriles is 1. The van der Waals surface area contributed by atoms with Gasteiger partial charge in [0.25, 0.3) is 5.91 Å². The maximum Gasteiger partial charge on any atom is 0.311 e. The fraction of sp³-hybridized carbons (Fsp3) is 0.292. The highest BCUT2D eigenvalue weighted by atomic mass is 16.6. The second kappa shape index (κ2) is 11.4. The number of carbonyl (C=O) groups excluding carboxylic acids is 2. The number of benzene rings is 2. The third kappa shape index (κ3) is 6.78. The van der Waals surface area contributed by atoms with Gasteiger partial charge >= 0.3 is 5.97 Å². The van der Waals surface area contributed by atoms with Gasteiger partial charge in [0.2, 0.25) is 0 Å². The summed E-state index contributed by atoms with van der Waals surface area (Å²) in [4.78, 5) is 24.2. The van der Waals surface area contributed by atoms with Crippen molar-refractivity contribution in [3.63, 3.8) is 0 Å². The molecule has 2 rings (SSSR count). The minimum absolute atomic E-state index is 0.00616. The Kier molecular flexibility index (Phi) is 8.64. The zero-order valence-electron chi connectivity index (χ0n) is 17.5. The maximum absolute atomic E-state index is 12.2. The Morgan fingerprint density at radius 3 is 2.50 bits per heavy atom. The number of methoxy groups -OCH3 is 1. The van der Waals surface area contributed by atoms with Crippen LogP contribution in [0.4, 0.5) is 0 Å². The largest absolute Gasteiger partial charge is 0.493 e. The van der Waals surface area contributed by atoms with Gasteiger partial charge in [0.05, 0.1) is 7.11 Å². The normalized spacial score (nSPS) is 10.8. The molecule has 0 aliphatic heterocycles. The molecule has 0 heterocycles. The van der Waals surface area contributed by atoms with E-state index in [0.29, 0.717) is 24.3 Å². The van der Waals surface area contributed by atoms with Crippen LogP contribution in [0.2, 0.25) is 0 Å². The highest BCUT2D eigenvalue weighted by Gasteiger charge is 2.13. The fourth-order valence-electron chi connectivity index (χ4n) is 2.68. The molecule has 0 aromatic heterocycles. The molecule has 0 bridgehead atoms. The SMILES string of the molecule is CCCNC(=O)/C(C#N)=C/c1ccc(OC(=O)CCc2ccc(C)cc2)c(OC)c1. The van der Waals surface area contributed by atoms with Crippen molar-refractivity contribution in [3.8, 4) is 17.6 Å². The van der Waals surface area contributed by atoms with E-state index >= 15 is 0 Å². The van der Waals surface area contributed by atoms with Gasteiger partial charge < -0.3 is 14.8 Å². The number of esters is 1. The van der Waals surface area contributed by atoms with Crippen LogP contribution in [0.5, 0.6) is 11.5 Å². The average molecular weight is 406 g/mol. The highest BCUT2D eigenvalue weighted by Crippen LogP contribution is 2.29.